The van der Waals surface area contributed by atoms with Gasteiger partial charge in [0.1, 0.15) is 0 Å². The minimum atomic E-state index is 0.616. The van der Waals surface area contributed by atoms with Crippen molar-refractivity contribution in [2.75, 3.05) is 10.1 Å². The van der Waals surface area contributed by atoms with Gasteiger partial charge in [0, 0.05) is 0 Å². The Morgan fingerprint density at radius 3 is 1.94 bits per heavy atom. The summed E-state index contributed by atoms with van der Waals surface area (Å²) >= 11 is 5.31. The summed E-state index contributed by atoms with van der Waals surface area (Å²) in [7, 11) is 0. The van der Waals surface area contributed by atoms with Crippen molar-refractivity contribution in [2.45, 2.75) is 0 Å². The third kappa shape index (κ3) is 1.90. The molecular formula is C13H12N4S. The van der Waals surface area contributed by atoms with Crippen LogP contribution >= 0.6 is 12.2 Å². The molecule has 0 aliphatic carbocycles. The molecule has 0 amide bonds. The van der Waals surface area contributed by atoms with Gasteiger partial charge in [0.05, 0.1) is 11.4 Å². The van der Waals surface area contributed by atoms with Crippen molar-refractivity contribution in [3.05, 3.63) is 60.7 Å². The Morgan fingerprint density at radius 1 is 0.778 bits per heavy atom. The molecule has 0 atom stereocenters. The number of hydrazine groups is 3. The molecule has 0 bridgehead atoms. The summed E-state index contributed by atoms with van der Waals surface area (Å²) in [5.74, 6) is 0. The first kappa shape index (κ1) is 11.0. The topological polar surface area (TPSA) is 30.5 Å². The zero-order chi connectivity index (χ0) is 12.4. The SMILES string of the molecule is S=C1NNN(c2ccccc2)N1c1ccccc1. The second-order valence-electron chi connectivity index (χ2n) is 3.84. The van der Waals surface area contributed by atoms with Crippen LogP contribution in [0.1, 0.15) is 0 Å². The van der Waals surface area contributed by atoms with Gasteiger partial charge >= 0.3 is 0 Å². The third-order valence-electron chi connectivity index (χ3n) is 2.66. The molecule has 0 saturated carbocycles. The second kappa shape index (κ2) is 4.64. The van der Waals surface area contributed by atoms with Crippen LogP contribution in [0.5, 0.6) is 0 Å². The summed E-state index contributed by atoms with van der Waals surface area (Å²) < 4.78 is 0. The van der Waals surface area contributed by atoms with Gasteiger partial charge < -0.3 is 0 Å². The first-order chi connectivity index (χ1) is 8.86. The predicted octanol–water partition coefficient (Wildman–Crippen LogP) is 2.22. The lowest BCUT2D eigenvalue weighted by molar-refractivity contribution is 0.677. The minimum absolute atomic E-state index is 0.616. The normalized spacial score (nSPS) is 14.8. The number of thiocarbonyl (C=S) groups is 1. The first-order valence-electron chi connectivity index (χ1n) is 5.62. The van der Waals surface area contributed by atoms with Gasteiger partial charge in [0.25, 0.3) is 0 Å². The van der Waals surface area contributed by atoms with E-state index in [1.165, 1.54) is 0 Å². The van der Waals surface area contributed by atoms with Gasteiger partial charge in [-0.15, -0.1) is 5.53 Å². The fraction of sp³-hybridized carbons (Fsp3) is 0. The lowest BCUT2D eigenvalue weighted by Crippen LogP contribution is -2.43. The standard InChI is InChI=1S/C13H12N4S/c18-13-14-15-17(12-9-5-2-6-10-12)16(13)11-7-3-1-4-8-11/h1-10,15H,(H,14,18). The van der Waals surface area contributed by atoms with Crippen LogP contribution in [0.25, 0.3) is 0 Å². The minimum Gasteiger partial charge on any atom is -0.277 e. The highest BCUT2D eigenvalue weighted by atomic mass is 32.1. The first-order valence-corrected chi connectivity index (χ1v) is 6.03. The number of nitrogens with one attached hydrogen (secondary N) is 2. The Balaban J connectivity index is 1.98. The van der Waals surface area contributed by atoms with Crippen molar-refractivity contribution in [3.63, 3.8) is 0 Å². The molecule has 0 spiro atoms. The van der Waals surface area contributed by atoms with Crippen LogP contribution in [0, 0.1) is 0 Å². The zero-order valence-electron chi connectivity index (χ0n) is 9.58. The van der Waals surface area contributed by atoms with E-state index in [9.17, 15) is 0 Å². The Bertz CT molecular complexity index is 543. The van der Waals surface area contributed by atoms with Crippen LogP contribution in [-0.4, -0.2) is 5.11 Å². The second-order valence-corrected chi connectivity index (χ2v) is 4.22. The van der Waals surface area contributed by atoms with E-state index in [-0.39, 0.29) is 0 Å². The fourth-order valence-corrected chi connectivity index (χ4v) is 2.08. The highest BCUT2D eigenvalue weighted by Gasteiger charge is 2.27. The number of rotatable bonds is 2. The quantitative estimate of drug-likeness (QED) is 0.805. The maximum Gasteiger partial charge on any atom is 0.210 e. The summed E-state index contributed by atoms with van der Waals surface area (Å²) in [6.07, 6.45) is 0. The van der Waals surface area contributed by atoms with Gasteiger partial charge in [0.15, 0.2) is 0 Å². The van der Waals surface area contributed by atoms with Gasteiger partial charge in [-0.3, -0.25) is 5.43 Å². The van der Waals surface area contributed by atoms with Gasteiger partial charge in [-0.05, 0) is 36.5 Å². The Morgan fingerprint density at radius 2 is 1.33 bits per heavy atom. The van der Waals surface area contributed by atoms with Crippen molar-refractivity contribution >= 4 is 28.7 Å². The number of hydrogen-bond donors (Lipinski definition) is 2. The molecule has 0 aromatic heterocycles. The predicted molar refractivity (Wildman–Crippen MR) is 76.7 cm³/mol. The van der Waals surface area contributed by atoms with Gasteiger partial charge in [-0.1, -0.05) is 36.4 Å². The highest BCUT2D eigenvalue weighted by Crippen LogP contribution is 2.22. The van der Waals surface area contributed by atoms with Crippen molar-refractivity contribution < 1.29 is 0 Å². The van der Waals surface area contributed by atoms with E-state index in [1.807, 2.05) is 70.8 Å². The van der Waals surface area contributed by atoms with E-state index < -0.39 is 0 Å². The van der Waals surface area contributed by atoms with Crippen LogP contribution in [-0.2, 0) is 0 Å². The molecule has 1 heterocycles. The molecule has 3 rings (SSSR count). The van der Waals surface area contributed by atoms with Gasteiger partial charge in [-0.2, -0.15) is 5.12 Å². The molecule has 1 aliphatic heterocycles. The molecule has 90 valence electrons. The molecule has 4 nitrogen and oxygen atoms in total. The maximum atomic E-state index is 5.31. The number of hydrogen-bond acceptors (Lipinski definition) is 3. The van der Waals surface area contributed by atoms with E-state index in [1.54, 1.807) is 0 Å². The molecule has 2 aromatic carbocycles. The molecule has 2 aromatic rings. The Kier molecular flexibility index (Phi) is 2.84. The number of anilines is 2. The van der Waals surface area contributed by atoms with Crippen molar-refractivity contribution in [1.29, 1.82) is 0 Å². The molecule has 1 saturated heterocycles. The number of benzene rings is 2. The molecule has 5 heteroatoms. The van der Waals surface area contributed by atoms with Crippen LogP contribution in [0.3, 0.4) is 0 Å². The highest BCUT2D eigenvalue weighted by molar-refractivity contribution is 7.80. The number of nitrogens with zero attached hydrogens (tertiary/aromatic N) is 2. The van der Waals surface area contributed by atoms with E-state index in [4.69, 9.17) is 12.2 Å². The molecule has 2 N–H and O–H groups in total. The van der Waals surface area contributed by atoms with E-state index in [0.29, 0.717) is 5.11 Å². The summed E-state index contributed by atoms with van der Waals surface area (Å²) in [5, 5.41) is 4.40. The number of para-hydroxylation sites is 2. The third-order valence-corrected chi connectivity index (χ3v) is 2.94. The summed E-state index contributed by atoms with van der Waals surface area (Å²) in [5.41, 5.74) is 8.00. The van der Waals surface area contributed by atoms with Crippen LogP contribution < -0.4 is 21.1 Å². The average Bonchev–Trinajstić information content (AvgIpc) is 2.83. The van der Waals surface area contributed by atoms with Crippen LogP contribution in [0.15, 0.2) is 60.7 Å². The lowest BCUT2D eigenvalue weighted by atomic mass is 10.3. The monoisotopic (exact) mass is 256 g/mol. The smallest absolute Gasteiger partial charge is 0.210 e. The maximum absolute atomic E-state index is 5.31. The van der Waals surface area contributed by atoms with Crippen LogP contribution in [0.2, 0.25) is 0 Å². The molecule has 1 fully saturated rings. The van der Waals surface area contributed by atoms with E-state index >= 15 is 0 Å². The molecule has 0 radical (unpaired) electrons. The molecule has 0 unspecified atom stereocenters. The Hall–Kier alpha value is -2.11. The summed E-state index contributed by atoms with van der Waals surface area (Å²) in [4.78, 5) is 0. The fourth-order valence-electron chi connectivity index (χ4n) is 1.85. The average molecular weight is 256 g/mol. The lowest BCUT2D eigenvalue weighted by Gasteiger charge is -2.27. The summed E-state index contributed by atoms with van der Waals surface area (Å²) in [6.45, 7) is 0. The van der Waals surface area contributed by atoms with Crippen molar-refractivity contribution in [3.8, 4) is 0 Å². The Labute approximate surface area is 111 Å². The van der Waals surface area contributed by atoms with Crippen LogP contribution in [0.4, 0.5) is 11.4 Å². The molecule has 1 aliphatic rings. The van der Waals surface area contributed by atoms with E-state index in [0.717, 1.165) is 11.4 Å². The van der Waals surface area contributed by atoms with Crippen molar-refractivity contribution in [1.82, 2.24) is 11.0 Å². The van der Waals surface area contributed by atoms with Gasteiger partial charge in [0.2, 0.25) is 5.11 Å². The summed E-state index contributed by atoms with van der Waals surface area (Å²) in [6, 6.07) is 20.0. The van der Waals surface area contributed by atoms with Crippen molar-refractivity contribution in [2.24, 2.45) is 0 Å². The largest absolute Gasteiger partial charge is 0.277 e. The zero-order valence-corrected chi connectivity index (χ0v) is 10.4. The molecule has 18 heavy (non-hydrogen) atoms. The van der Waals surface area contributed by atoms with Gasteiger partial charge in [-0.25, -0.2) is 5.01 Å². The van der Waals surface area contributed by atoms with E-state index in [2.05, 4.69) is 11.0 Å². The molecular weight excluding hydrogens is 244 g/mol.